The number of alkyl halides is 6. The molecule has 3 rings (SSSR count). The molecular weight excluding hydrogens is 481 g/mol. The second kappa shape index (κ2) is 8.74. The molecule has 0 spiro atoms. The summed E-state index contributed by atoms with van der Waals surface area (Å²) < 4.78 is 91.7. The lowest BCUT2D eigenvalue weighted by molar-refractivity contribution is -0.167. The molecule has 0 aliphatic rings. The van der Waals surface area contributed by atoms with E-state index < -0.39 is 35.6 Å². The van der Waals surface area contributed by atoms with Gasteiger partial charge in [0, 0.05) is 5.69 Å². The number of carbonyl (C=O) groups excluding carboxylic acids is 1. The predicted octanol–water partition coefficient (Wildman–Crippen LogP) is 5.29. The van der Waals surface area contributed by atoms with Gasteiger partial charge in [0.05, 0.1) is 28.0 Å². The van der Waals surface area contributed by atoms with Crippen LogP contribution in [0, 0.1) is 24.6 Å². The van der Waals surface area contributed by atoms with Gasteiger partial charge in [-0.1, -0.05) is 29.5 Å². The summed E-state index contributed by atoms with van der Waals surface area (Å²) >= 11 is 5.88. The summed E-state index contributed by atoms with van der Waals surface area (Å²) in [5.74, 6) is 0.856. The van der Waals surface area contributed by atoms with Crippen LogP contribution in [-0.2, 0) is 11.0 Å². The fourth-order valence-electron chi connectivity index (χ4n) is 2.56. The van der Waals surface area contributed by atoms with Crippen LogP contribution in [0.25, 0.3) is 5.69 Å². The normalized spacial score (nSPS) is 11.7. The highest BCUT2D eigenvalue weighted by molar-refractivity contribution is 6.31. The maximum Gasteiger partial charge on any atom is 0.471 e. The van der Waals surface area contributed by atoms with E-state index in [9.17, 15) is 35.5 Å². The standard InChI is InChI=1S/C20H10ClF7N4O/c1-10-7-16(19(23,24)25)31-32(10)12-8-11(5-6-13-14(21)3-2-4-15(13)22)17(29-9-12)30-18(33)20(26,27)28/h2-4,7-9H,1H3,(H,29,30,33). The van der Waals surface area contributed by atoms with Crippen LogP contribution in [0.1, 0.15) is 22.5 Å². The minimum absolute atomic E-state index is 0.0345. The number of amides is 1. The number of halogens is 8. The number of aryl methyl sites for hydroxylation is 1. The molecule has 0 aliphatic carbocycles. The molecule has 0 bridgehead atoms. The van der Waals surface area contributed by atoms with E-state index in [4.69, 9.17) is 11.6 Å². The van der Waals surface area contributed by atoms with E-state index >= 15 is 0 Å². The number of pyridine rings is 1. The van der Waals surface area contributed by atoms with E-state index in [1.807, 2.05) is 0 Å². The van der Waals surface area contributed by atoms with Crippen molar-refractivity contribution < 1.29 is 35.5 Å². The highest BCUT2D eigenvalue weighted by atomic mass is 35.5. The third kappa shape index (κ3) is 5.43. The molecular formula is C20H10ClF7N4O. The predicted molar refractivity (Wildman–Crippen MR) is 103 cm³/mol. The molecule has 0 saturated carbocycles. The fourth-order valence-corrected chi connectivity index (χ4v) is 2.77. The summed E-state index contributed by atoms with van der Waals surface area (Å²) in [4.78, 5) is 15.0. The van der Waals surface area contributed by atoms with Crippen molar-refractivity contribution in [2.45, 2.75) is 19.3 Å². The number of rotatable bonds is 2. The number of nitrogens with zero attached hydrogens (tertiary/aromatic N) is 3. The van der Waals surface area contributed by atoms with E-state index in [2.05, 4.69) is 21.9 Å². The summed E-state index contributed by atoms with van der Waals surface area (Å²) in [6, 6.07) is 5.47. The van der Waals surface area contributed by atoms with E-state index in [1.165, 1.54) is 24.4 Å². The summed E-state index contributed by atoms with van der Waals surface area (Å²) in [6.07, 6.45) is -9.10. The van der Waals surface area contributed by atoms with Crippen LogP contribution in [0.2, 0.25) is 5.02 Å². The van der Waals surface area contributed by atoms with E-state index in [0.29, 0.717) is 0 Å². The highest BCUT2D eigenvalue weighted by Gasteiger charge is 2.39. The SMILES string of the molecule is Cc1cc(C(F)(F)F)nn1-c1cnc(NC(=O)C(F)(F)F)c(C#Cc2c(F)cccc2Cl)c1. The van der Waals surface area contributed by atoms with Crippen LogP contribution in [0.15, 0.2) is 36.5 Å². The monoisotopic (exact) mass is 490 g/mol. The van der Waals surface area contributed by atoms with Crippen LogP contribution in [0.4, 0.5) is 36.6 Å². The summed E-state index contributed by atoms with van der Waals surface area (Å²) in [5, 5.41) is 4.86. The summed E-state index contributed by atoms with van der Waals surface area (Å²) in [6.45, 7) is 1.31. The molecule has 0 radical (unpaired) electrons. The molecule has 2 heterocycles. The lowest BCUT2D eigenvalue weighted by Gasteiger charge is -2.11. The van der Waals surface area contributed by atoms with Gasteiger partial charge in [0.1, 0.15) is 11.6 Å². The van der Waals surface area contributed by atoms with Gasteiger partial charge in [-0.05, 0) is 31.2 Å². The number of benzene rings is 1. The van der Waals surface area contributed by atoms with Gasteiger partial charge >= 0.3 is 18.3 Å². The molecule has 1 aromatic carbocycles. The Morgan fingerprint density at radius 2 is 1.82 bits per heavy atom. The second-order valence-corrected chi connectivity index (χ2v) is 6.88. The zero-order valence-electron chi connectivity index (χ0n) is 16.2. The molecule has 0 aliphatic heterocycles. The van der Waals surface area contributed by atoms with E-state index in [-0.39, 0.29) is 27.5 Å². The topological polar surface area (TPSA) is 59.8 Å². The minimum Gasteiger partial charge on any atom is -0.302 e. The second-order valence-electron chi connectivity index (χ2n) is 6.47. The third-order valence-electron chi connectivity index (χ3n) is 4.07. The number of aromatic nitrogens is 3. The largest absolute Gasteiger partial charge is 0.471 e. The average Bonchev–Trinajstić information content (AvgIpc) is 3.10. The molecule has 3 aromatic rings. The lowest BCUT2D eigenvalue weighted by Crippen LogP contribution is -2.30. The fraction of sp³-hybridized carbons (Fsp3) is 0.150. The maximum absolute atomic E-state index is 14.0. The first-order valence-electron chi connectivity index (χ1n) is 8.76. The van der Waals surface area contributed by atoms with Crippen LogP contribution in [0.3, 0.4) is 0 Å². The third-order valence-corrected chi connectivity index (χ3v) is 4.38. The molecule has 172 valence electrons. The van der Waals surface area contributed by atoms with Gasteiger partial charge in [0.15, 0.2) is 5.69 Å². The number of carbonyl (C=O) groups is 1. The molecule has 0 atom stereocenters. The van der Waals surface area contributed by atoms with Crippen LogP contribution < -0.4 is 5.32 Å². The van der Waals surface area contributed by atoms with Crippen molar-refractivity contribution in [1.82, 2.24) is 14.8 Å². The van der Waals surface area contributed by atoms with Gasteiger partial charge in [0.25, 0.3) is 0 Å². The van der Waals surface area contributed by atoms with Gasteiger partial charge in [0.2, 0.25) is 0 Å². The van der Waals surface area contributed by atoms with Crippen molar-refractivity contribution in [3.05, 3.63) is 69.9 Å². The number of hydrogen-bond acceptors (Lipinski definition) is 3. The Balaban J connectivity index is 2.13. The lowest BCUT2D eigenvalue weighted by atomic mass is 10.1. The first kappa shape index (κ1) is 24.1. The number of hydrogen-bond donors (Lipinski definition) is 1. The van der Waals surface area contributed by atoms with Gasteiger partial charge in [-0.3, -0.25) is 4.79 Å². The Bertz CT molecular complexity index is 1270. The maximum atomic E-state index is 14.0. The molecule has 13 heteroatoms. The van der Waals surface area contributed by atoms with E-state index in [0.717, 1.165) is 29.1 Å². The Kier molecular flexibility index (Phi) is 6.37. The van der Waals surface area contributed by atoms with E-state index in [1.54, 1.807) is 0 Å². The average molecular weight is 491 g/mol. The van der Waals surface area contributed by atoms with Crippen LogP contribution >= 0.6 is 11.6 Å². The summed E-state index contributed by atoms with van der Waals surface area (Å²) in [7, 11) is 0. The molecule has 1 amide bonds. The minimum atomic E-state index is -5.25. The number of anilines is 1. The van der Waals surface area contributed by atoms with Crippen molar-refractivity contribution >= 4 is 23.3 Å². The smallest absolute Gasteiger partial charge is 0.302 e. The van der Waals surface area contributed by atoms with Crippen LogP contribution in [-0.4, -0.2) is 26.8 Å². The Morgan fingerprint density at radius 3 is 2.39 bits per heavy atom. The first-order valence-corrected chi connectivity index (χ1v) is 9.13. The highest BCUT2D eigenvalue weighted by Crippen LogP contribution is 2.30. The number of nitrogens with one attached hydrogen (secondary N) is 1. The Hall–Kier alpha value is -3.59. The molecule has 0 fully saturated rings. The van der Waals surface area contributed by atoms with Crippen molar-refractivity contribution in [2.75, 3.05) is 5.32 Å². The summed E-state index contributed by atoms with van der Waals surface area (Å²) in [5.41, 5.74) is -1.91. The van der Waals surface area contributed by atoms with Crippen LogP contribution in [0.5, 0.6) is 0 Å². The molecule has 33 heavy (non-hydrogen) atoms. The van der Waals surface area contributed by atoms with Crippen molar-refractivity contribution in [2.24, 2.45) is 0 Å². The Labute approximate surface area is 186 Å². The molecule has 2 aromatic heterocycles. The molecule has 5 nitrogen and oxygen atoms in total. The molecule has 0 saturated heterocycles. The van der Waals surface area contributed by atoms with Gasteiger partial charge in [-0.2, -0.15) is 31.4 Å². The van der Waals surface area contributed by atoms with Gasteiger partial charge in [-0.25, -0.2) is 14.1 Å². The van der Waals surface area contributed by atoms with Crippen molar-refractivity contribution in [3.63, 3.8) is 0 Å². The zero-order valence-corrected chi connectivity index (χ0v) is 17.0. The molecule has 1 N–H and O–H groups in total. The molecule has 0 unspecified atom stereocenters. The zero-order chi connectivity index (χ0) is 24.6. The first-order chi connectivity index (χ1) is 15.3. The van der Waals surface area contributed by atoms with Gasteiger partial charge in [-0.15, -0.1) is 0 Å². The Morgan fingerprint density at radius 1 is 1.12 bits per heavy atom. The quantitative estimate of drug-likeness (QED) is 0.392. The van der Waals surface area contributed by atoms with Gasteiger partial charge < -0.3 is 5.32 Å². The van der Waals surface area contributed by atoms with Crippen molar-refractivity contribution in [3.8, 4) is 17.5 Å². The van der Waals surface area contributed by atoms with Crippen molar-refractivity contribution in [1.29, 1.82) is 0 Å².